The molecule has 0 fully saturated rings. The van der Waals surface area contributed by atoms with Crippen LogP contribution in [0.2, 0.25) is 0 Å². The third-order valence-electron chi connectivity index (χ3n) is 6.94. The molecule has 0 aliphatic carbocycles. The summed E-state index contributed by atoms with van der Waals surface area (Å²) in [5, 5.41) is 2.96. The number of nitrogens with zero attached hydrogens (tertiary/aromatic N) is 2. The first-order valence-electron chi connectivity index (χ1n) is 14.5. The summed E-state index contributed by atoms with van der Waals surface area (Å²) >= 11 is -1.79. The van der Waals surface area contributed by atoms with Gasteiger partial charge >= 0.3 is 105 Å². The van der Waals surface area contributed by atoms with Gasteiger partial charge in [0.15, 0.2) is 0 Å². The van der Waals surface area contributed by atoms with Gasteiger partial charge in [-0.05, 0) is 68.4 Å². The van der Waals surface area contributed by atoms with Crippen LogP contribution in [0.1, 0.15) is 71.8 Å². The number of carbonyl (C=O) groups excluding carboxylic acids is 1. The molecule has 0 saturated carbocycles. The standard InChI is InChI=1S/C24H30N3O.C11H14O.2ClH.Ru/c1-5-6-11-25-24(28)22-9-7-21(8-10-22)16-26-12-13-27(17-26)23-19(3)14-18(2)15-20(23)4;1-9(2)12(4)11-8-6-5-7-10(11)3;;;/h7-10,12-15,17H,5-6,11,16H2,1-4H3,(H,25,28);3,5-9H,4H2,1-2H3;2*1H;/q-1;;;;+2/p-2. The van der Waals surface area contributed by atoms with Gasteiger partial charge in [-0.3, -0.25) is 4.79 Å². The average molecular weight is 711 g/mol. The third-order valence-corrected chi connectivity index (χ3v) is 8.77. The van der Waals surface area contributed by atoms with Gasteiger partial charge in [-0.1, -0.05) is 43.2 Å². The molecule has 0 aromatic heterocycles. The molecule has 3 aromatic rings. The van der Waals surface area contributed by atoms with Crippen LogP contribution in [0, 0.1) is 34.5 Å². The number of hydrogen-bond donors (Lipinski definition) is 1. The second-order valence-corrected chi connectivity index (χ2v) is 16.6. The van der Waals surface area contributed by atoms with Crippen LogP contribution in [-0.2, 0) is 24.4 Å². The summed E-state index contributed by atoms with van der Waals surface area (Å²) in [5.74, 6) is 0.997. The molecule has 4 rings (SSSR count). The molecule has 1 heterocycles. The number of rotatable bonds is 10. The van der Waals surface area contributed by atoms with E-state index in [1.807, 2.05) is 53.1 Å². The molecule has 0 atom stereocenters. The van der Waals surface area contributed by atoms with E-state index in [2.05, 4.69) is 99.3 Å². The summed E-state index contributed by atoms with van der Waals surface area (Å²) in [6.45, 7) is 16.3. The van der Waals surface area contributed by atoms with E-state index in [-0.39, 0.29) is 12.0 Å². The number of amides is 1. The number of para-hydroxylation sites is 1. The third kappa shape index (κ3) is 10.5. The van der Waals surface area contributed by atoms with Gasteiger partial charge in [0.2, 0.25) is 0 Å². The van der Waals surface area contributed by atoms with Crippen LogP contribution in [0.3, 0.4) is 0 Å². The molecule has 1 N–H and O–H groups in total. The molecular formula is C35H44Cl2N3O2Ru-. The fourth-order valence-electron chi connectivity index (χ4n) is 4.79. The van der Waals surface area contributed by atoms with Gasteiger partial charge in [-0.25, -0.2) is 0 Å². The van der Waals surface area contributed by atoms with E-state index < -0.39 is 13.5 Å². The Morgan fingerprint density at radius 3 is 2.30 bits per heavy atom. The van der Waals surface area contributed by atoms with Gasteiger partial charge in [0.25, 0.3) is 5.91 Å². The van der Waals surface area contributed by atoms with Crippen molar-refractivity contribution in [1.29, 1.82) is 0 Å². The Kier molecular flexibility index (Phi) is 13.8. The van der Waals surface area contributed by atoms with E-state index in [9.17, 15) is 4.79 Å². The van der Waals surface area contributed by atoms with Crippen molar-refractivity contribution < 1.29 is 22.7 Å². The first-order valence-corrected chi connectivity index (χ1v) is 20.0. The number of aryl methyl sites for hydroxylation is 3. The zero-order chi connectivity index (χ0) is 31.5. The Labute approximate surface area is 271 Å². The summed E-state index contributed by atoms with van der Waals surface area (Å²) in [6, 6.07) is 20.2. The Balaban J connectivity index is 0.000000285. The van der Waals surface area contributed by atoms with Gasteiger partial charge in [-0.15, -0.1) is 0 Å². The van der Waals surface area contributed by atoms with Crippen molar-refractivity contribution in [2.75, 3.05) is 11.4 Å². The minimum atomic E-state index is -1.79. The zero-order valence-corrected chi connectivity index (χ0v) is 29.3. The Morgan fingerprint density at radius 2 is 1.70 bits per heavy atom. The second-order valence-electron chi connectivity index (χ2n) is 10.9. The van der Waals surface area contributed by atoms with E-state index in [1.165, 1.54) is 27.9 Å². The van der Waals surface area contributed by atoms with Gasteiger partial charge in [0, 0.05) is 24.3 Å². The molecule has 0 unspecified atom stereocenters. The molecule has 0 spiro atoms. The van der Waals surface area contributed by atoms with Gasteiger partial charge in [0.1, 0.15) is 0 Å². The fourth-order valence-corrected chi connectivity index (χ4v) is 6.60. The molecule has 8 heteroatoms. The van der Waals surface area contributed by atoms with Crippen molar-refractivity contribution >= 4 is 35.6 Å². The Morgan fingerprint density at radius 1 is 1.05 bits per heavy atom. The number of nitrogens with one attached hydrogen (secondary N) is 1. The van der Waals surface area contributed by atoms with E-state index in [0.29, 0.717) is 5.56 Å². The fraction of sp³-hybridized carbons (Fsp3) is 0.314. The van der Waals surface area contributed by atoms with Crippen LogP contribution >= 0.6 is 19.4 Å². The number of carbonyl (C=O) groups is 1. The molecule has 0 radical (unpaired) electrons. The maximum absolute atomic E-state index is 12.1. The Hall–Kier alpha value is -2.66. The number of anilines is 1. The molecule has 0 bridgehead atoms. The summed E-state index contributed by atoms with van der Waals surface area (Å²) in [4.78, 5) is 16.5. The first-order chi connectivity index (χ1) is 20.5. The van der Waals surface area contributed by atoms with Crippen LogP contribution in [-0.4, -0.2) is 28.1 Å². The maximum atomic E-state index is 12.1. The molecular weight excluding hydrogens is 666 g/mol. The van der Waals surface area contributed by atoms with Crippen molar-refractivity contribution in [2.45, 2.75) is 67.0 Å². The molecule has 43 heavy (non-hydrogen) atoms. The molecule has 1 aliphatic rings. The topological polar surface area (TPSA) is 38.3 Å². The van der Waals surface area contributed by atoms with Crippen molar-refractivity contribution in [1.82, 2.24) is 10.2 Å². The van der Waals surface area contributed by atoms with Gasteiger partial charge in [0.05, 0.1) is 0 Å². The SMILES string of the molecule is CCCCNC(=O)c1ccc(CN2C=CN(c3c(C)cc(C)cc3C)[CH-]2)cc1.[CH2-][O+](c1ccccc1[CH]=[Ru]([Cl])[Cl])C(C)C. The van der Waals surface area contributed by atoms with Crippen LogP contribution in [0.15, 0.2) is 73.1 Å². The van der Waals surface area contributed by atoms with Crippen molar-refractivity contribution in [3.05, 3.63) is 120 Å². The van der Waals surface area contributed by atoms with E-state index in [1.54, 1.807) is 0 Å². The molecule has 1 aliphatic heterocycles. The van der Waals surface area contributed by atoms with Gasteiger partial charge < -0.3 is 15.1 Å². The van der Waals surface area contributed by atoms with Crippen LogP contribution < -0.4 is 10.2 Å². The predicted molar refractivity (Wildman–Crippen MR) is 180 cm³/mol. The number of halogens is 2. The zero-order valence-electron chi connectivity index (χ0n) is 26.0. The van der Waals surface area contributed by atoms with Crippen LogP contribution in [0.25, 0.3) is 0 Å². The Bertz CT molecular complexity index is 1400. The van der Waals surface area contributed by atoms with E-state index >= 15 is 0 Å². The van der Waals surface area contributed by atoms with Gasteiger partial charge in [-0.2, -0.15) is 6.67 Å². The van der Waals surface area contributed by atoms with E-state index in [4.69, 9.17) is 19.4 Å². The molecule has 1 amide bonds. The summed E-state index contributed by atoms with van der Waals surface area (Å²) in [7, 11) is 15.7. The van der Waals surface area contributed by atoms with E-state index in [0.717, 1.165) is 37.2 Å². The van der Waals surface area contributed by atoms with Crippen molar-refractivity contribution in [3.63, 3.8) is 0 Å². The van der Waals surface area contributed by atoms with Crippen molar-refractivity contribution in [2.24, 2.45) is 0 Å². The molecule has 234 valence electrons. The monoisotopic (exact) mass is 710 g/mol. The van der Waals surface area contributed by atoms with Crippen LogP contribution in [0.5, 0.6) is 5.75 Å². The molecule has 0 saturated heterocycles. The number of unbranched alkanes of at least 4 members (excludes halogenated alkanes) is 1. The summed E-state index contributed by atoms with van der Waals surface area (Å²) in [6.07, 6.45) is 6.55. The normalized spacial score (nSPS) is 12.7. The second kappa shape index (κ2) is 17.0. The van der Waals surface area contributed by atoms with Crippen molar-refractivity contribution in [3.8, 4) is 5.75 Å². The number of benzene rings is 3. The first kappa shape index (κ1) is 34.8. The quantitative estimate of drug-likeness (QED) is 0.0987. The minimum absolute atomic E-state index is 0.00382. The number of hydrogen-bond acceptors (Lipinski definition) is 3. The molecule has 5 nitrogen and oxygen atoms in total. The predicted octanol–water partition coefficient (Wildman–Crippen LogP) is 9.28. The molecule has 3 aromatic carbocycles. The summed E-state index contributed by atoms with van der Waals surface area (Å²) in [5.41, 5.74) is 8.01. The average Bonchev–Trinajstić information content (AvgIpc) is 3.40. The summed E-state index contributed by atoms with van der Waals surface area (Å²) < 4.78 is 4.74. The van der Waals surface area contributed by atoms with Crippen LogP contribution in [0.4, 0.5) is 5.69 Å².